The second-order valence-electron chi connectivity index (χ2n) is 5.92. The average Bonchev–Trinajstić information content (AvgIpc) is 3.25. The van der Waals surface area contributed by atoms with E-state index in [9.17, 15) is 9.18 Å². The number of hydrogen-bond acceptors (Lipinski definition) is 5. The number of halogens is 1. The van der Waals surface area contributed by atoms with Gasteiger partial charge in [0.05, 0.1) is 11.3 Å². The molecule has 1 atom stereocenters. The molecular weight excluding hydrogens is 317 g/mol. The highest BCUT2D eigenvalue weighted by atomic mass is 32.2. The van der Waals surface area contributed by atoms with Gasteiger partial charge in [-0.25, -0.2) is 9.07 Å². The predicted molar refractivity (Wildman–Crippen MR) is 85.6 cm³/mol. The Labute approximate surface area is 137 Å². The van der Waals surface area contributed by atoms with Crippen LogP contribution in [0.25, 0.3) is 0 Å². The van der Waals surface area contributed by atoms with Gasteiger partial charge in [-0.3, -0.25) is 4.79 Å². The van der Waals surface area contributed by atoms with Crippen molar-refractivity contribution in [2.24, 2.45) is 5.92 Å². The number of anilines is 1. The van der Waals surface area contributed by atoms with E-state index in [2.05, 4.69) is 20.8 Å². The number of rotatable bonds is 6. The molecular formula is C15H18FN5OS. The standard InChI is InChI=1S/C15H18FN5OS/c1-9(2)13(14(22)17-11-5-3-10(16)4-6-11)23-15-18-19-20-21(15)12-7-8-12/h3-6,9,12-13H,7-8H2,1-2H3,(H,17,22)/t13-/m0/s1. The van der Waals surface area contributed by atoms with Gasteiger partial charge in [0.25, 0.3) is 0 Å². The van der Waals surface area contributed by atoms with E-state index in [1.165, 1.54) is 23.9 Å². The molecule has 8 heteroatoms. The minimum Gasteiger partial charge on any atom is -0.325 e. The zero-order chi connectivity index (χ0) is 16.4. The van der Waals surface area contributed by atoms with Crippen molar-refractivity contribution in [1.29, 1.82) is 0 Å². The minimum atomic E-state index is -0.332. The van der Waals surface area contributed by atoms with E-state index in [-0.39, 0.29) is 22.9 Å². The van der Waals surface area contributed by atoms with E-state index in [1.54, 1.807) is 16.8 Å². The Morgan fingerprint density at radius 1 is 1.35 bits per heavy atom. The van der Waals surface area contributed by atoms with Gasteiger partial charge in [0.15, 0.2) is 0 Å². The molecule has 0 bridgehead atoms. The third-order valence-electron chi connectivity index (χ3n) is 3.56. The Balaban J connectivity index is 1.71. The lowest BCUT2D eigenvalue weighted by molar-refractivity contribution is -0.116. The van der Waals surface area contributed by atoms with E-state index in [0.29, 0.717) is 16.9 Å². The minimum absolute atomic E-state index is 0.102. The zero-order valence-corrected chi connectivity index (χ0v) is 13.8. The third kappa shape index (κ3) is 3.87. The fourth-order valence-electron chi connectivity index (χ4n) is 2.16. The van der Waals surface area contributed by atoms with Gasteiger partial charge in [-0.1, -0.05) is 25.6 Å². The van der Waals surface area contributed by atoms with Gasteiger partial charge in [-0.05, 0) is 53.5 Å². The Kier molecular flexibility index (Phi) is 4.61. The molecule has 1 amide bonds. The third-order valence-corrected chi connectivity index (χ3v) is 5.06. The first kappa shape index (κ1) is 15.9. The van der Waals surface area contributed by atoms with Gasteiger partial charge in [0, 0.05) is 5.69 Å². The normalized spacial score (nSPS) is 15.7. The molecule has 1 aliphatic rings. The van der Waals surface area contributed by atoms with Crippen LogP contribution in [-0.2, 0) is 4.79 Å². The number of tetrazole rings is 1. The molecule has 0 aliphatic heterocycles. The topological polar surface area (TPSA) is 72.7 Å². The summed E-state index contributed by atoms with van der Waals surface area (Å²) in [6.07, 6.45) is 2.15. The van der Waals surface area contributed by atoms with Gasteiger partial charge in [0.1, 0.15) is 5.82 Å². The number of nitrogens with one attached hydrogen (secondary N) is 1. The summed E-state index contributed by atoms with van der Waals surface area (Å²) in [6, 6.07) is 6.09. The van der Waals surface area contributed by atoms with Crippen LogP contribution in [0.15, 0.2) is 29.4 Å². The Hall–Kier alpha value is -1.96. The molecule has 1 aromatic heterocycles. The second kappa shape index (κ2) is 6.66. The molecule has 0 unspecified atom stereocenters. The molecule has 3 rings (SSSR count). The van der Waals surface area contributed by atoms with Crippen molar-refractivity contribution >= 4 is 23.4 Å². The summed E-state index contributed by atoms with van der Waals surface area (Å²) in [5, 5.41) is 14.9. The van der Waals surface area contributed by atoms with Crippen LogP contribution in [0.3, 0.4) is 0 Å². The highest BCUT2D eigenvalue weighted by Gasteiger charge is 2.31. The maximum atomic E-state index is 12.9. The van der Waals surface area contributed by atoms with Crippen molar-refractivity contribution < 1.29 is 9.18 Å². The first-order valence-corrected chi connectivity index (χ1v) is 8.43. The lowest BCUT2D eigenvalue weighted by atomic mass is 10.1. The molecule has 1 aromatic carbocycles. The number of carbonyl (C=O) groups is 1. The van der Waals surface area contributed by atoms with Crippen LogP contribution in [-0.4, -0.2) is 31.4 Å². The molecule has 1 fully saturated rings. The van der Waals surface area contributed by atoms with Crippen LogP contribution in [0, 0.1) is 11.7 Å². The highest BCUT2D eigenvalue weighted by molar-refractivity contribution is 8.00. The monoisotopic (exact) mass is 335 g/mol. The number of aromatic nitrogens is 4. The van der Waals surface area contributed by atoms with Crippen LogP contribution in [0.1, 0.15) is 32.7 Å². The van der Waals surface area contributed by atoms with Gasteiger partial charge in [0.2, 0.25) is 11.1 Å². The lowest BCUT2D eigenvalue weighted by Gasteiger charge is -2.19. The molecule has 1 heterocycles. The largest absolute Gasteiger partial charge is 0.325 e. The zero-order valence-electron chi connectivity index (χ0n) is 12.9. The molecule has 0 saturated heterocycles. The summed E-state index contributed by atoms with van der Waals surface area (Å²) in [7, 11) is 0. The van der Waals surface area contributed by atoms with Crippen LogP contribution in [0.5, 0.6) is 0 Å². The predicted octanol–water partition coefficient (Wildman–Crippen LogP) is 2.90. The first-order chi connectivity index (χ1) is 11.0. The van der Waals surface area contributed by atoms with Crippen molar-refractivity contribution in [1.82, 2.24) is 20.2 Å². The molecule has 23 heavy (non-hydrogen) atoms. The smallest absolute Gasteiger partial charge is 0.238 e. The van der Waals surface area contributed by atoms with E-state index >= 15 is 0 Å². The molecule has 1 saturated carbocycles. The summed E-state index contributed by atoms with van der Waals surface area (Å²) >= 11 is 1.37. The molecule has 122 valence electrons. The summed E-state index contributed by atoms with van der Waals surface area (Å²) < 4.78 is 14.7. The summed E-state index contributed by atoms with van der Waals surface area (Å²) in [5.41, 5.74) is 0.574. The SMILES string of the molecule is CC(C)[C@H](Sc1nnnn1C1CC1)C(=O)Nc1ccc(F)cc1. The number of nitrogens with zero attached hydrogens (tertiary/aromatic N) is 4. The Morgan fingerprint density at radius 3 is 2.65 bits per heavy atom. The van der Waals surface area contributed by atoms with Crippen LogP contribution in [0.4, 0.5) is 10.1 Å². The second-order valence-corrected chi connectivity index (χ2v) is 7.02. The van der Waals surface area contributed by atoms with E-state index in [0.717, 1.165) is 12.8 Å². The quantitative estimate of drug-likeness (QED) is 0.822. The summed E-state index contributed by atoms with van der Waals surface area (Å²) in [6.45, 7) is 3.96. The maximum Gasteiger partial charge on any atom is 0.238 e. The van der Waals surface area contributed by atoms with E-state index in [1.807, 2.05) is 13.8 Å². The van der Waals surface area contributed by atoms with Crippen molar-refractivity contribution in [2.45, 2.75) is 43.1 Å². The van der Waals surface area contributed by atoms with Crippen LogP contribution in [0.2, 0.25) is 0 Å². The number of carbonyl (C=O) groups excluding carboxylic acids is 1. The average molecular weight is 335 g/mol. The van der Waals surface area contributed by atoms with Crippen molar-refractivity contribution in [3.63, 3.8) is 0 Å². The molecule has 1 aliphatic carbocycles. The molecule has 2 aromatic rings. The van der Waals surface area contributed by atoms with Crippen molar-refractivity contribution in [3.8, 4) is 0 Å². The van der Waals surface area contributed by atoms with Gasteiger partial charge in [-0.15, -0.1) is 5.10 Å². The van der Waals surface area contributed by atoms with E-state index < -0.39 is 0 Å². The Bertz CT molecular complexity index is 683. The molecule has 6 nitrogen and oxygen atoms in total. The number of thioether (sulfide) groups is 1. The van der Waals surface area contributed by atoms with Gasteiger partial charge in [-0.2, -0.15) is 0 Å². The van der Waals surface area contributed by atoms with Crippen LogP contribution < -0.4 is 5.32 Å². The van der Waals surface area contributed by atoms with Crippen LogP contribution >= 0.6 is 11.8 Å². The van der Waals surface area contributed by atoms with Gasteiger partial charge >= 0.3 is 0 Å². The van der Waals surface area contributed by atoms with E-state index in [4.69, 9.17) is 0 Å². The van der Waals surface area contributed by atoms with Crippen molar-refractivity contribution in [3.05, 3.63) is 30.1 Å². The van der Waals surface area contributed by atoms with Crippen molar-refractivity contribution in [2.75, 3.05) is 5.32 Å². The first-order valence-electron chi connectivity index (χ1n) is 7.55. The Morgan fingerprint density at radius 2 is 2.04 bits per heavy atom. The number of amides is 1. The van der Waals surface area contributed by atoms with Gasteiger partial charge < -0.3 is 5.32 Å². The molecule has 1 N–H and O–H groups in total. The lowest BCUT2D eigenvalue weighted by Crippen LogP contribution is -2.30. The molecule has 0 spiro atoms. The summed E-state index contributed by atoms with van der Waals surface area (Å²) in [4.78, 5) is 12.6. The maximum absolute atomic E-state index is 12.9. The number of hydrogen-bond donors (Lipinski definition) is 1. The number of benzene rings is 1. The fourth-order valence-corrected chi connectivity index (χ4v) is 3.21. The molecule has 0 radical (unpaired) electrons. The summed E-state index contributed by atoms with van der Waals surface area (Å²) in [5.74, 6) is -0.367. The fraction of sp³-hybridized carbons (Fsp3) is 0.467. The highest BCUT2D eigenvalue weighted by Crippen LogP contribution is 2.38.